The van der Waals surface area contributed by atoms with Crippen molar-refractivity contribution in [2.75, 3.05) is 29.9 Å². The van der Waals surface area contributed by atoms with Crippen LogP contribution in [0.3, 0.4) is 0 Å². The molecule has 1 amide bonds. The van der Waals surface area contributed by atoms with Gasteiger partial charge in [-0.2, -0.15) is 0 Å². The van der Waals surface area contributed by atoms with E-state index in [-0.39, 0.29) is 23.1 Å². The van der Waals surface area contributed by atoms with Crippen LogP contribution in [0.4, 0.5) is 15.8 Å². The predicted octanol–water partition coefficient (Wildman–Crippen LogP) is 2.56. The van der Waals surface area contributed by atoms with Gasteiger partial charge < -0.3 is 15.5 Å². The van der Waals surface area contributed by atoms with Gasteiger partial charge in [-0.15, -0.1) is 0 Å². The van der Waals surface area contributed by atoms with Crippen LogP contribution in [-0.2, 0) is 11.3 Å². The van der Waals surface area contributed by atoms with Gasteiger partial charge in [-0.3, -0.25) is 14.4 Å². The summed E-state index contributed by atoms with van der Waals surface area (Å²) >= 11 is 0. The van der Waals surface area contributed by atoms with Gasteiger partial charge in [-0.25, -0.2) is 4.39 Å². The van der Waals surface area contributed by atoms with Crippen molar-refractivity contribution in [1.29, 1.82) is 0 Å². The summed E-state index contributed by atoms with van der Waals surface area (Å²) in [5, 5.41) is 6.17. The summed E-state index contributed by atoms with van der Waals surface area (Å²) in [5.41, 5.74) is 1.18. The Kier molecular flexibility index (Phi) is 6.16. The van der Waals surface area contributed by atoms with Crippen LogP contribution < -0.4 is 26.4 Å². The highest BCUT2D eigenvalue weighted by molar-refractivity contribution is 5.78. The molecule has 2 aliphatic rings. The Labute approximate surface area is 175 Å². The summed E-state index contributed by atoms with van der Waals surface area (Å²) in [7, 11) is 0. The minimum absolute atomic E-state index is 0.00649. The molecule has 7 heteroatoms. The molecule has 1 aliphatic carbocycles. The molecule has 0 radical (unpaired) electrons. The van der Waals surface area contributed by atoms with E-state index in [0.717, 1.165) is 57.2 Å². The highest BCUT2D eigenvalue weighted by Crippen LogP contribution is 2.30. The van der Waals surface area contributed by atoms with Crippen LogP contribution in [0.2, 0.25) is 0 Å². The normalized spacial score (nSPS) is 21.7. The Morgan fingerprint density at radius 2 is 1.67 bits per heavy atom. The lowest BCUT2D eigenvalue weighted by molar-refractivity contribution is -0.126. The topological polar surface area (TPSA) is 78.5 Å². The van der Waals surface area contributed by atoms with Crippen LogP contribution in [0.5, 0.6) is 0 Å². The van der Waals surface area contributed by atoms with Crippen molar-refractivity contribution in [2.45, 2.75) is 45.1 Å². The largest absolute Gasteiger partial charge is 0.380 e. The first kappa shape index (κ1) is 20.6. The Morgan fingerprint density at radius 3 is 2.33 bits per heavy atom. The zero-order valence-electron chi connectivity index (χ0n) is 17.1. The first-order valence-electron chi connectivity index (χ1n) is 10.9. The molecule has 0 atom stereocenters. The molecule has 160 valence electrons. The van der Waals surface area contributed by atoms with Crippen LogP contribution in [-0.4, -0.2) is 25.5 Å². The molecule has 30 heavy (non-hydrogen) atoms. The van der Waals surface area contributed by atoms with Crippen molar-refractivity contribution in [3.8, 4) is 0 Å². The van der Waals surface area contributed by atoms with Gasteiger partial charge in [0.15, 0.2) is 0 Å². The summed E-state index contributed by atoms with van der Waals surface area (Å²) in [6, 6.07) is 6.14. The number of benzene rings is 1. The van der Waals surface area contributed by atoms with E-state index in [1.807, 2.05) is 4.90 Å². The molecule has 2 N–H and O–H groups in total. The Balaban J connectivity index is 1.22. The number of rotatable bonds is 7. The number of halogens is 1. The van der Waals surface area contributed by atoms with Gasteiger partial charge in [-0.05, 0) is 62.1 Å². The number of nitrogens with zero attached hydrogens (tertiary/aromatic N) is 1. The van der Waals surface area contributed by atoms with Crippen LogP contribution in [0, 0.1) is 17.7 Å². The first-order chi connectivity index (χ1) is 14.5. The number of carbonyl (C=O) groups is 1. The van der Waals surface area contributed by atoms with Gasteiger partial charge in [0.25, 0.3) is 10.9 Å². The number of amides is 1. The second-order valence-corrected chi connectivity index (χ2v) is 8.52. The third-order valence-electron chi connectivity index (χ3n) is 6.47. The molecule has 0 bridgehead atoms. The van der Waals surface area contributed by atoms with Crippen molar-refractivity contribution in [2.24, 2.45) is 11.8 Å². The van der Waals surface area contributed by atoms with E-state index in [9.17, 15) is 18.8 Å². The second-order valence-electron chi connectivity index (χ2n) is 8.52. The van der Waals surface area contributed by atoms with Crippen LogP contribution in [0.25, 0.3) is 0 Å². The lowest BCUT2D eigenvalue weighted by atomic mass is 9.81. The van der Waals surface area contributed by atoms with E-state index in [4.69, 9.17) is 0 Å². The predicted molar refractivity (Wildman–Crippen MR) is 115 cm³/mol. The Hall–Kier alpha value is -2.70. The maximum Gasteiger partial charge on any atom is 0.253 e. The van der Waals surface area contributed by atoms with Gasteiger partial charge in [-0.1, -0.05) is 12.1 Å². The quantitative estimate of drug-likeness (QED) is 0.682. The smallest absolute Gasteiger partial charge is 0.253 e. The second kappa shape index (κ2) is 8.98. The molecule has 1 saturated heterocycles. The van der Waals surface area contributed by atoms with E-state index >= 15 is 0 Å². The summed E-state index contributed by atoms with van der Waals surface area (Å²) in [4.78, 5) is 38.4. The molecule has 2 fully saturated rings. The lowest BCUT2D eigenvalue weighted by Crippen LogP contribution is -2.42. The van der Waals surface area contributed by atoms with Crippen molar-refractivity contribution >= 4 is 17.3 Å². The van der Waals surface area contributed by atoms with E-state index in [0.29, 0.717) is 30.4 Å². The number of anilines is 2. The molecule has 0 aromatic heterocycles. The van der Waals surface area contributed by atoms with E-state index in [1.165, 1.54) is 12.1 Å². The standard InChI is InChI=1S/C23H28FN3O3/c24-18-9-5-16(6-10-18)14-26-23(30)17-7-3-15(4-8-17)13-25-19-20(22(29)21(19)28)27-11-1-2-12-27/h5-6,9-10,15,17,25H,1-4,7-8,11-14H2,(H,26,30). The molecule has 2 aromatic rings. The molecular formula is C23H28FN3O3. The zero-order chi connectivity index (χ0) is 21.1. The Morgan fingerprint density at radius 1 is 1.00 bits per heavy atom. The molecule has 4 rings (SSSR count). The van der Waals surface area contributed by atoms with E-state index < -0.39 is 5.43 Å². The van der Waals surface area contributed by atoms with Gasteiger partial charge in [0.05, 0.1) is 0 Å². The highest BCUT2D eigenvalue weighted by Gasteiger charge is 2.30. The average Bonchev–Trinajstić information content (AvgIpc) is 3.29. The monoisotopic (exact) mass is 413 g/mol. The Bertz CT molecular complexity index is 951. The van der Waals surface area contributed by atoms with Crippen molar-refractivity contribution < 1.29 is 9.18 Å². The van der Waals surface area contributed by atoms with Crippen LogP contribution in [0.15, 0.2) is 33.9 Å². The molecule has 1 aliphatic heterocycles. The average molecular weight is 413 g/mol. The molecule has 2 aromatic carbocycles. The molecule has 0 spiro atoms. The summed E-state index contributed by atoms with van der Waals surface area (Å²) in [6.45, 7) is 2.76. The number of carbonyl (C=O) groups excluding carboxylic acids is 1. The first-order valence-corrected chi connectivity index (χ1v) is 10.9. The lowest BCUT2D eigenvalue weighted by Gasteiger charge is -2.29. The fourth-order valence-electron chi connectivity index (χ4n) is 4.60. The summed E-state index contributed by atoms with van der Waals surface area (Å²) in [5.74, 6) is 0.146. The number of hydrogen-bond acceptors (Lipinski definition) is 5. The third kappa shape index (κ3) is 4.40. The number of hydrogen-bond donors (Lipinski definition) is 2. The SMILES string of the molecule is O=C(NCc1ccc(F)cc1)C1CCC(CNc2c(N3CCCC3)c(=O)c2=O)CC1. The fourth-order valence-corrected chi connectivity index (χ4v) is 4.60. The zero-order valence-corrected chi connectivity index (χ0v) is 17.1. The molecule has 1 saturated carbocycles. The summed E-state index contributed by atoms with van der Waals surface area (Å²) in [6.07, 6.45) is 5.57. The highest BCUT2D eigenvalue weighted by atomic mass is 19.1. The van der Waals surface area contributed by atoms with Crippen LogP contribution in [0.1, 0.15) is 44.1 Å². The van der Waals surface area contributed by atoms with Crippen molar-refractivity contribution in [1.82, 2.24) is 5.32 Å². The maximum absolute atomic E-state index is 13.0. The van der Waals surface area contributed by atoms with E-state index in [2.05, 4.69) is 10.6 Å². The fraction of sp³-hybridized carbons (Fsp3) is 0.522. The van der Waals surface area contributed by atoms with Crippen molar-refractivity contribution in [3.63, 3.8) is 0 Å². The van der Waals surface area contributed by atoms with Crippen LogP contribution >= 0.6 is 0 Å². The van der Waals surface area contributed by atoms with Gasteiger partial charge in [0.2, 0.25) is 5.91 Å². The molecule has 6 nitrogen and oxygen atoms in total. The minimum atomic E-state index is -0.397. The molecule has 0 unspecified atom stereocenters. The minimum Gasteiger partial charge on any atom is -0.380 e. The summed E-state index contributed by atoms with van der Waals surface area (Å²) < 4.78 is 13.0. The number of nitrogens with one attached hydrogen (secondary N) is 2. The molecular weight excluding hydrogens is 385 g/mol. The van der Waals surface area contributed by atoms with Gasteiger partial charge in [0, 0.05) is 32.1 Å². The third-order valence-corrected chi connectivity index (χ3v) is 6.47. The maximum atomic E-state index is 13.0. The van der Waals surface area contributed by atoms with E-state index in [1.54, 1.807) is 12.1 Å². The van der Waals surface area contributed by atoms with Crippen molar-refractivity contribution in [3.05, 3.63) is 56.1 Å². The van der Waals surface area contributed by atoms with Gasteiger partial charge in [0.1, 0.15) is 17.2 Å². The molecule has 1 heterocycles. The van der Waals surface area contributed by atoms with Gasteiger partial charge >= 0.3 is 0 Å².